The molecule has 0 saturated heterocycles. The summed E-state index contributed by atoms with van der Waals surface area (Å²) in [4.78, 5) is 11.2. The molecule has 0 aliphatic carbocycles. The summed E-state index contributed by atoms with van der Waals surface area (Å²) >= 11 is 6.06. The van der Waals surface area contributed by atoms with Gasteiger partial charge in [-0.3, -0.25) is 0 Å². The molecule has 5 heteroatoms. The van der Waals surface area contributed by atoms with Crippen LogP contribution in [0.3, 0.4) is 0 Å². The van der Waals surface area contributed by atoms with E-state index in [-0.39, 0.29) is 5.56 Å². The van der Waals surface area contributed by atoms with Crippen LogP contribution in [-0.4, -0.2) is 24.2 Å². The fourth-order valence-electron chi connectivity index (χ4n) is 2.21. The maximum Gasteiger partial charge on any atom is 0.337 e. The number of hydrogen-bond donors (Lipinski definition) is 2. The summed E-state index contributed by atoms with van der Waals surface area (Å²) in [6.45, 7) is 5.16. The van der Waals surface area contributed by atoms with E-state index in [1.165, 1.54) is 6.07 Å². The molecule has 0 atom stereocenters. The van der Waals surface area contributed by atoms with Crippen LogP contribution < -0.4 is 10.1 Å². The van der Waals surface area contributed by atoms with Crippen LogP contribution >= 0.6 is 11.6 Å². The van der Waals surface area contributed by atoms with Gasteiger partial charge in [0.2, 0.25) is 0 Å². The van der Waals surface area contributed by atoms with Gasteiger partial charge in [0.05, 0.1) is 22.9 Å². The van der Waals surface area contributed by atoms with Gasteiger partial charge in [-0.05, 0) is 49.6 Å². The topological polar surface area (TPSA) is 58.6 Å². The third-order valence-corrected chi connectivity index (χ3v) is 3.78. The number of para-hydroxylation sites is 1. The molecule has 0 heterocycles. The van der Waals surface area contributed by atoms with Crippen molar-refractivity contribution in [3.05, 3.63) is 58.1 Å². The number of halogens is 1. The lowest BCUT2D eigenvalue weighted by molar-refractivity contribution is 0.0698. The number of aryl methyl sites for hydroxylation is 2. The Morgan fingerprint density at radius 3 is 2.78 bits per heavy atom. The summed E-state index contributed by atoms with van der Waals surface area (Å²) in [6.07, 6.45) is 0.734. The molecule has 23 heavy (non-hydrogen) atoms. The van der Waals surface area contributed by atoms with Crippen LogP contribution in [0, 0.1) is 13.8 Å². The highest BCUT2D eigenvalue weighted by atomic mass is 35.5. The van der Waals surface area contributed by atoms with Crippen LogP contribution in [0.25, 0.3) is 0 Å². The molecule has 2 aromatic carbocycles. The highest BCUT2D eigenvalue weighted by Crippen LogP contribution is 2.26. The number of rotatable bonds is 7. The Labute approximate surface area is 141 Å². The number of carboxylic acids is 1. The van der Waals surface area contributed by atoms with Crippen molar-refractivity contribution in [1.82, 2.24) is 0 Å². The number of ether oxygens (including phenoxy) is 1. The van der Waals surface area contributed by atoms with E-state index in [4.69, 9.17) is 16.3 Å². The van der Waals surface area contributed by atoms with Gasteiger partial charge in [-0.15, -0.1) is 0 Å². The Bertz CT molecular complexity index is 701. The number of benzene rings is 2. The summed E-state index contributed by atoms with van der Waals surface area (Å²) in [5.74, 6) is -0.115. The summed E-state index contributed by atoms with van der Waals surface area (Å²) in [7, 11) is 0. The fraction of sp³-hybridized carbons (Fsp3) is 0.278. The summed E-state index contributed by atoms with van der Waals surface area (Å²) < 4.78 is 5.77. The molecule has 0 saturated carbocycles. The van der Waals surface area contributed by atoms with Crippen molar-refractivity contribution >= 4 is 23.3 Å². The molecule has 0 radical (unpaired) electrons. The molecule has 0 aliphatic rings. The second-order valence-electron chi connectivity index (χ2n) is 5.37. The number of carboxylic acid groups (broad SMARTS) is 1. The van der Waals surface area contributed by atoms with Crippen LogP contribution in [0.4, 0.5) is 5.69 Å². The van der Waals surface area contributed by atoms with Gasteiger partial charge in [-0.2, -0.15) is 0 Å². The molecule has 0 aromatic heterocycles. The van der Waals surface area contributed by atoms with E-state index in [1.54, 1.807) is 12.1 Å². The molecular formula is C18H20ClNO3. The summed E-state index contributed by atoms with van der Waals surface area (Å²) in [5.41, 5.74) is 2.88. The first kappa shape index (κ1) is 17.2. The maximum absolute atomic E-state index is 11.2. The smallest absolute Gasteiger partial charge is 0.337 e. The highest BCUT2D eigenvalue weighted by Gasteiger charge is 2.12. The van der Waals surface area contributed by atoms with Crippen LogP contribution in [0.1, 0.15) is 27.9 Å². The van der Waals surface area contributed by atoms with Gasteiger partial charge in [0.25, 0.3) is 0 Å². The summed E-state index contributed by atoms with van der Waals surface area (Å²) in [6, 6.07) is 10.9. The zero-order valence-corrected chi connectivity index (χ0v) is 14.0. The molecular weight excluding hydrogens is 314 g/mol. The van der Waals surface area contributed by atoms with E-state index < -0.39 is 5.97 Å². The van der Waals surface area contributed by atoms with E-state index in [0.29, 0.717) is 23.9 Å². The minimum absolute atomic E-state index is 0.174. The first-order valence-corrected chi connectivity index (χ1v) is 7.82. The van der Waals surface area contributed by atoms with Gasteiger partial charge < -0.3 is 15.2 Å². The van der Waals surface area contributed by atoms with Crippen molar-refractivity contribution in [2.75, 3.05) is 18.5 Å². The monoisotopic (exact) mass is 333 g/mol. The minimum Gasteiger partial charge on any atom is -0.493 e. The second kappa shape index (κ2) is 7.88. The Balaban J connectivity index is 1.87. The number of carbonyl (C=O) groups is 1. The molecule has 0 unspecified atom stereocenters. The molecule has 2 N–H and O–H groups in total. The van der Waals surface area contributed by atoms with Gasteiger partial charge in [0.1, 0.15) is 5.75 Å². The Morgan fingerprint density at radius 2 is 2.04 bits per heavy atom. The van der Waals surface area contributed by atoms with Crippen molar-refractivity contribution in [3.63, 3.8) is 0 Å². The highest BCUT2D eigenvalue weighted by molar-refractivity contribution is 6.34. The van der Waals surface area contributed by atoms with E-state index in [0.717, 1.165) is 23.3 Å². The van der Waals surface area contributed by atoms with Gasteiger partial charge in [0.15, 0.2) is 0 Å². The van der Waals surface area contributed by atoms with Crippen molar-refractivity contribution in [3.8, 4) is 5.75 Å². The van der Waals surface area contributed by atoms with E-state index in [2.05, 4.69) is 11.4 Å². The molecule has 0 bridgehead atoms. The molecule has 4 nitrogen and oxygen atoms in total. The second-order valence-corrected chi connectivity index (χ2v) is 5.77. The average molecular weight is 334 g/mol. The third-order valence-electron chi connectivity index (χ3n) is 3.47. The summed E-state index contributed by atoms with van der Waals surface area (Å²) in [5, 5.41) is 12.7. The zero-order valence-electron chi connectivity index (χ0n) is 13.2. The zero-order chi connectivity index (χ0) is 16.8. The van der Waals surface area contributed by atoms with Crippen molar-refractivity contribution in [2.45, 2.75) is 20.3 Å². The van der Waals surface area contributed by atoms with Crippen molar-refractivity contribution < 1.29 is 14.6 Å². The fourth-order valence-corrected chi connectivity index (χ4v) is 2.45. The van der Waals surface area contributed by atoms with Crippen LogP contribution in [0.15, 0.2) is 36.4 Å². The lowest BCUT2D eigenvalue weighted by Gasteiger charge is -2.13. The molecule has 0 fully saturated rings. The van der Waals surface area contributed by atoms with E-state index in [9.17, 15) is 9.90 Å². The van der Waals surface area contributed by atoms with Gasteiger partial charge in [-0.1, -0.05) is 29.8 Å². The average Bonchev–Trinajstić information content (AvgIpc) is 2.51. The van der Waals surface area contributed by atoms with Gasteiger partial charge >= 0.3 is 5.97 Å². The molecule has 0 amide bonds. The van der Waals surface area contributed by atoms with Crippen LogP contribution in [0.2, 0.25) is 5.02 Å². The first-order chi connectivity index (χ1) is 11.0. The lowest BCUT2D eigenvalue weighted by Crippen LogP contribution is -2.11. The number of nitrogens with one attached hydrogen (secondary N) is 1. The SMILES string of the molecule is Cc1ccc(C)c(OCCCNc2c(Cl)cccc2C(=O)O)c1. The number of aromatic carboxylic acids is 1. The first-order valence-electron chi connectivity index (χ1n) is 7.45. The molecule has 2 aromatic rings. The Hall–Kier alpha value is -2.20. The van der Waals surface area contributed by atoms with Crippen molar-refractivity contribution in [2.24, 2.45) is 0 Å². The van der Waals surface area contributed by atoms with Gasteiger partial charge in [-0.25, -0.2) is 4.79 Å². The predicted molar refractivity (Wildman–Crippen MR) is 92.9 cm³/mol. The largest absolute Gasteiger partial charge is 0.493 e. The van der Waals surface area contributed by atoms with Crippen LogP contribution in [0.5, 0.6) is 5.75 Å². The number of anilines is 1. The Morgan fingerprint density at radius 1 is 1.26 bits per heavy atom. The standard InChI is InChI=1S/C18H20ClNO3/c1-12-7-8-13(2)16(11-12)23-10-4-9-20-17-14(18(21)22)5-3-6-15(17)19/h3,5-8,11,20H,4,9-10H2,1-2H3,(H,21,22). The Kier molecular flexibility index (Phi) is 5.88. The normalized spacial score (nSPS) is 10.4. The quantitative estimate of drug-likeness (QED) is 0.730. The number of hydrogen-bond acceptors (Lipinski definition) is 3. The van der Waals surface area contributed by atoms with E-state index in [1.807, 2.05) is 26.0 Å². The predicted octanol–water partition coefficient (Wildman–Crippen LogP) is 4.54. The molecule has 2 rings (SSSR count). The minimum atomic E-state index is -0.998. The maximum atomic E-state index is 11.2. The van der Waals surface area contributed by atoms with Gasteiger partial charge in [0, 0.05) is 6.54 Å². The third kappa shape index (κ3) is 4.63. The molecule has 122 valence electrons. The van der Waals surface area contributed by atoms with Crippen molar-refractivity contribution in [1.29, 1.82) is 0 Å². The van der Waals surface area contributed by atoms with Crippen LogP contribution in [-0.2, 0) is 0 Å². The lowest BCUT2D eigenvalue weighted by atomic mass is 10.1. The van der Waals surface area contributed by atoms with E-state index >= 15 is 0 Å². The molecule has 0 spiro atoms. The molecule has 0 aliphatic heterocycles.